The maximum absolute atomic E-state index is 12.1. The Morgan fingerprint density at radius 3 is 2.62 bits per heavy atom. The monoisotopic (exact) mass is 337 g/mol. The molecule has 3 aromatic rings. The highest BCUT2D eigenvalue weighted by molar-refractivity contribution is 8.00. The van der Waals surface area contributed by atoms with Crippen molar-refractivity contribution < 1.29 is 9.90 Å². The van der Waals surface area contributed by atoms with E-state index in [9.17, 15) is 9.90 Å². The molecular formula is C18H15N3O2S. The summed E-state index contributed by atoms with van der Waals surface area (Å²) in [5.74, 6) is 1.26. The number of aromatic hydroxyl groups is 1. The molecule has 0 aliphatic carbocycles. The second kappa shape index (κ2) is 6.05. The topological polar surface area (TPSA) is 67.1 Å². The van der Waals surface area contributed by atoms with Crippen LogP contribution >= 0.6 is 11.8 Å². The highest BCUT2D eigenvalue weighted by Gasteiger charge is 2.28. The number of thioether (sulfide) groups is 1. The molecular weight excluding hydrogens is 322 g/mol. The number of phenols is 1. The second-order valence-corrected chi connectivity index (χ2v) is 6.62. The van der Waals surface area contributed by atoms with E-state index in [0.717, 1.165) is 16.8 Å². The Labute approximate surface area is 143 Å². The summed E-state index contributed by atoms with van der Waals surface area (Å²) in [5, 5.41) is 16.9. The zero-order valence-corrected chi connectivity index (χ0v) is 13.5. The summed E-state index contributed by atoms with van der Waals surface area (Å²) in [6.07, 6.45) is 1.80. The second-order valence-electron chi connectivity index (χ2n) is 5.53. The Hall–Kier alpha value is -2.73. The van der Waals surface area contributed by atoms with Gasteiger partial charge < -0.3 is 10.4 Å². The van der Waals surface area contributed by atoms with Crippen molar-refractivity contribution in [1.82, 2.24) is 9.78 Å². The van der Waals surface area contributed by atoms with E-state index in [1.165, 1.54) is 0 Å². The van der Waals surface area contributed by atoms with E-state index in [4.69, 9.17) is 0 Å². The zero-order chi connectivity index (χ0) is 16.5. The van der Waals surface area contributed by atoms with Crippen LogP contribution in [0.4, 0.5) is 5.82 Å². The van der Waals surface area contributed by atoms with Gasteiger partial charge in [0, 0.05) is 5.56 Å². The largest absolute Gasteiger partial charge is 0.508 e. The van der Waals surface area contributed by atoms with Crippen molar-refractivity contribution >= 4 is 23.5 Å². The first kappa shape index (κ1) is 14.8. The van der Waals surface area contributed by atoms with E-state index in [2.05, 4.69) is 10.4 Å². The van der Waals surface area contributed by atoms with Crippen LogP contribution in [0.15, 0.2) is 60.8 Å². The summed E-state index contributed by atoms with van der Waals surface area (Å²) in [6, 6.07) is 16.8. The Bertz CT molecular complexity index is 875. The first-order valence-electron chi connectivity index (χ1n) is 7.56. The SMILES string of the molecule is O=C1CSC(c2ccc(O)cc2)c2cnn(-c3ccccc3)c2N1. The van der Waals surface area contributed by atoms with Crippen LogP contribution in [0.1, 0.15) is 16.4 Å². The number of rotatable bonds is 2. The van der Waals surface area contributed by atoms with Crippen LogP contribution < -0.4 is 5.32 Å². The van der Waals surface area contributed by atoms with Crippen molar-refractivity contribution in [2.24, 2.45) is 0 Å². The predicted molar refractivity (Wildman–Crippen MR) is 94.6 cm³/mol. The molecule has 1 atom stereocenters. The third-order valence-corrected chi connectivity index (χ3v) is 5.20. The lowest BCUT2D eigenvalue weighted by molar-refractivity contribution is -0.113. The Kier molecular flexibility index (Phi) is 3.74. The number of phenolic OH excluding ortho intramolecular Hbond substituents is 1. The van der Waals surface area contributed by atoms with Gasteiger partial charge in [-0.15, -0.1) is 11.8 Å². The molecule has 0 saturated heterocycles. The maximum Gasteiger partial charge on any atom is 0.235 e. The maximum atomic E-state index is 12.1. The van der Waals surface area contributed by atoms with Crippen molar-refractivity contribution in [3.8, 4) is 11.4 Å². The lowest BCUT2D eigenvalue weighted by Crippen LogP contribution is -2.15. The lowest BCUT2D eigenvalue weighted by Gasteiger charge is -2.14. The minimum atomic E-state index is -0.0415. The van der Waals surface area contributed by atoms with Gasteiger partial charge in [0.1, 0.15) is 11.6 Å². The van der Waals surface area contributed by atoms with E-state index in [0.29, 0.717) is 11.6 Å². The van der Waals surface area contributed by atoms with Crippen LogP contribution in [0.5, 0.6) is 5.75 Å². The molecule has 120 valence electrons. The van der Waals surface area contributed by atoms with Gasteiger partial charge in [0.05, 0.1) is 22.9 Å². The summed E-state index contributed by atoms with van der Waals surface area (Å²) in [4.78, 5) is 12.1. The molecule has 1 aliphatic heterocycles. The molecule has 5 nitrogen and oxygen atoms in total. The quantitative estimate of drug-likeness (QED) is 0.752. The number of anilines is 1. The number of nitrogens with one attached hydrogen (secondary N) is 1. The van der Waals surface area contributed by atoms with Crippen molar-refractivity contribution in [2.45, 2.75) is 5.25 Å². The number of benzene rings is 2. The fourth-order valence-corrected chi connectivity index (χ4v) is 3.88. The predicted octanol–water partition coefficient (Wildman–Crippen LogP) is 3.35. The molecule has 0 bridgehead atoms. The number of para-hydroxylation sites is 1. The molecule has 2 N–H and O–H groups in total. The number of carbonyl (C=O) groups is 1. The van der Waals surface area contributed by atoms with Crippen LogP contribution in [0.2, 0.25) is 0 Å². The van der Waals surface area contributed by atoms with Gasteiger partial charge >= 0.3 is 0 Å². The van der Waals surface area contributed by atoms with Gasteiger partial charge in [-0.05, 0) is 29.8 Å². The summed E-state index contributed by atoms with van der Waals surface area (Å²) >= 11 is 1.56. The lowest BCUT2D eigenvalue weighted by atomic mass is 10.1. The third kappa shape index (κ3) is 2.65. The average Bonchev–Trinajstić information content (AvgIpc) is 2.93. The molecule has 0 fully saturated rings. The smallest absolute Gasteiger partial charge is 0.235 e. The molecule has 4 rings (SSSR count). The van der Waals surface area contributed by atoms with E-state index >= 15 is 0 Å². The van der Waals surface area contributed by atoms with Crippen LogP contribution in [0.3, 0.4) is 0 Å². The average molecular weight is 337 g/mol. The molecule has 2 aromatic carbocycles. The van der Waals surface area contributed by atoms with E-state index < -0.39 is 0 Å². The van der Waals surface area contributed by atoms with Gasteiger partial charge in [0.2, 0.25) is 5.91 Å². The summed E-state index contributed by atoms with van der Waals surface area (Å²) in [6.45, 7) is 0. The number of amides is 1. The van der Waals surface area contributed by atoms with Crippen LogP contribution in [-0.4, -0.2) is 26.5 Å². The highest BCUT2D eigenvalue weighted by atomic mass is 32.2. The van der Waals surface area contributed by atoms with Crippen molar-refractivity contribution in [1.29, 1.82) is 0 Å². The molecule has 6 heteroatoms. The number of aromatic nitrogens is 2. The molecule has 1 aromatic heterocycles. The number of fused-ring (bicyclic) bond motifs is 1. The molecule has 1 amide bonds. The van der Waals surface area contributed by atoms with Crippen LogP contribution in [0, 0.1) is 0 Å². The van der Waals surface area contributed by atoms with Gasteiger partial charge in [-0.2, -0.15) is 5.10 Å². The Balaban J connectivity index is 1.82. The van der Waals surface area contributed by atoms with E-state index in [-0.39, 0.29) is 16.9 Å². The number of hydrogen-bond acceptors (Lipinski definition) is 4. The molecule has 0 spiro atoms. The first-order chi connectivity index (χ1) is 11.7. The standard InChI is InChI=1S/C18H15N3O2S/c22-14-8-6-12(7-9-14)17-15-10-19-21(13-4-2-1-3-5-13)18(15)20-16(23)11-24-17/h1-10,17,22H,11H2,(H,20,23). The highest BCUT2D eigenvalue weighted by Crippen LogP contribution is 2.42. The Morgan fingerprint density at radius 1 is 1.12 bits per heavy atom. The van der Waals surface area contributed by atoms with Crippen LogP contribution in [0.25, 0.3) is 5.69 Å². The van der Waals surface area contributed by atoms with Gasteiger partial charge in [-0.1, -0.05) is 30.3 Å². The van der Waals surface area contributed by atoms with E-state index in [1.807, 2.05) is 42.5 Å². The van der Waals surface area contributed by atoms with Gasteiger partial charge in [0.25, 0.3) is 0 Å². The molecule has 1 unspecified atom stereocenters. The van der Waals surface area contributed by atoms with Crippen molar-refractivity contribution in [2.75, 3.05) is 11.1 Å². The van der Waals surface area contributed by atoms with Gasteiger partial charge in [0.15, 0.2) is 0 Å². The molecule has 0 radical (unpaired) electrons. The number of nitrogens with zero attached hydrogens (tertiary/aromatic N) is 2. The fourth-order valence-electron chi connectivity index (χ4n) is 2.78. The minimum absolute atomic E-state index is 0.0167. The molecule has 0 saturated carbocycles. The van der Waals surface area contributed by atoms with Crippen molar-refractivity contribution in [3.63, 3.8) is 0 Å². The summed E-state index contributed by atoms with van der Waals surface area (Å²) in [7, 11) is 0. The molecule has 1 aliphatic rings. The number of hydrogen-bond donors (Lipinski definition) is 2. The molecule has 24 heavy (non-hydrogen) atoms. The van der Waals surface area contributed by atoms with Gasteiger partial charge in [-0.3, -0.25) is 4.79 Å². The van der Waals surface area contributed by atoms with E-state index in [1.54, 1.807) is 34.8 Å². The first-order valence-corrected chi connectivity index (χ1v) is 8.61. The summed E-state index contributed by atoms with van der Waals surface area (Å²) in [5.41, 5.74) is 2.89. The zero-order valence-electron chi connectivity index (χ0n) is 12.7. The van der Waals surface area contributed by atoms with Crippen molar-refractivity contribution in [3.05, 3.63) is 71.9 Å². The third-order valence-electron chi connectivity index (χ3n) is 3.92. The summed E-state index contributed by atoms with van der Waals surface area (Å²) < 4.78 is 1.76. The normalized spacial score (nSPS) is 17.0. The van der Waals surface area contributed by atoms with Gasteiger partial charge in [-0.25, -0.2) is 4.68 Å². The number of carbonyl (C=O) groups excluding carboxylic acids is 1. The molecule has 2 heterocycles. The fraction of sp³-hybridized carbons (Fsp3) is 0.111. The van der Waals surface area contributed by atoms with Crippen LogP contribution in [-0.2, 0) is 4.79 Å². The Morgan fingerprint density at radius 2 is 1.88 bits per heavy atom. The minimum Gasteiger partial charge on any atom is -0.508 e.